The Bertz CT molecular complexity index is 895. The molecule has 3 fully saturated rings. The van der Waals surface area contributed by atoms with Crippen LogP contribution in [0, 0.1) is 0 Å². The highest BCUT2D eigenvalue weighted by molar-refractivity contribution is 8.01. The highest BCUT2D eigenvalue weighted by Gasteiger charge is 2.64. The molecular formula is C19H23N5O5S. The predicted octanol–water partition coefficient (Wildman–Crippen LogP) is -0.111. The van der Waals surface area contributed by atoms with Crippen molar-refractivity contribution in [2.75, 3.05) is 13.1 Å². The standard InChI is InChI=1S/C19H23N5O5S/c1-19(2)13(17(27)28)24-15(26)12(16(24)30-19)21-14(25)11(10-6-4-3-5-7-10)22-23-9-8-20-18(23)29/h3-7,11-13,16,22H,8-9H2,1-2H3,(H,20,29)(H,21,25)(H,27,28)/t11?,12-,13+,16-/m1/s1. The first kappa shape index (κ1) is 20.5. The van der Waals surface area contributed by atoms with E-state index in [9.17, 15) is 24.3 Å². The summed E-state index contributed by atoms with van der Waals surface area (Å²) in [4.78, 5) is 50.7. The van der Waals surface area contributed by atoms with E-state index in [1.54, 1.807) is 38.1 Å². The fraction of sp³-hybridized carbons (Fsp3) is 0.474. The summed E-state index contributed by atoms with van der Waals surface area (Å²) in [7, 11) is 0. The lowest BCUT2D eigenvalue weighted by Crippen LogP contribution is -2.71. The molecule has 0 aliphatic carbocycles. The van der Waals surface area contributed by atoms with Crippen LogP contribution in [-0.4, -0.2) is 74.1 Å². The number of hydrogen-bond donors (Lipinski definition) is 4. The van der Waals surface area contributed by atoms with Crippen molar-refractivity contribution in [3.8, 4) is 0 Å². The lowest BCUT2D eigenvalue weighted by Gasteiger charge is -2.44. The molecule has 3 heterocycles. The number of urea groups is 1. The number of nitrogens with one attached hydrogen (secondary N) is 3. The average Bonchev–Trinajstić information content (AvgIpc) is 3.22. The highest BCUT2D eigenvalue weighted by Crippen LogP contribution is 2.50. The summed E-state index contributed by atoms with van der Waals surface area (Å²) in [5, 5.41) is 15.8. The van der Waals surface area contributed by atoms with Crippen LogP contribution in [0.1, 0.15) is 25.5 Å². The predicted molar refractivity (Wildman–Crippen MR) is 108 cm³/mol. The molecule has 4 atom stereocenters. The third kappa shape index (κ3) is 3.37. The first-order valence-corrected chi connectivity index (χ1v) is 10.5. The van der Waals surface area contributed by atoms with Crippen molar-refractivity contribution in [2.24, 2.45) is 0 Å². The molecular weight excluding hydrogens is 410 g/mol. The molecule has 1 aromatic rings. The number of hydrazine groups is 1. The van der Waals surface area contributed by atoms with Gasteiger partial charge in [-0.3, -0.25) is 14.6 Å². The molecule has 4 rings (SSSR count). The first-order valence-electron chi connectivity index (χ1n) is 9.60. The lowest BCUT2D eigenvalue weighted by molar-refractivity contribution is -0.161. The number of carbonyl (C=O) groups is 4. The number of fused-ring (bicyclic) bond motifs is 1. The van der Waals surface area contributed by atoms with E-state index in [2.05, 4.69) is 16.1 Å². The quantitative estimate of drug-likeness (QED) is 0.461. The molecule has 1 aromatic carbocycles. The fourth-order valence-electron chi connectivity index (χ4n) is 4.06. The number of benzene rings is 1. The Morgan fingerprint density at radius 3 is 2.57 bits per heavy atom. The van der Waals surface area contributed by atoms with Crippen molar-refractivity contribution < 1.29 is 24.3 Å². The molecule has 0 saturated carbocycles. The Hall–Kier alpha value is -2.79. The number of rotatable bonds is 6. The van der Waals surface area contributed by atoms with Crippen LogP contribution in [0.2, 0.25) is 0 Å². The largest absolute Gasteiger partial charge is 0.480 e. The number of aliphatic carboxylic acids is 1. The second-order valence-corrected chi connectivity index (χ2v) is 9.71. The maximum absolute atomic E-state index is 13.1. The van der Waals surface area contributed by atoms with E-state index in [-0.39, 0.29) is 6.03 Å². The fourth-order valence-corrected chi connectivity index (χ4v) is 5.69. The van der Waals surface area contributed by atoms with Crippen molar-refractivity contribution in [2.45, 2.75) is 42.1 Å². The molecule has 0 aromatic heterocycles. The Balaban J connectivity index is 1.51. The molecule has 4 amide bonds. The van der Waals surface area contributed by atoms with Gasteiger partial charge in [-0.25, -0.2) is 15.0 Å². The van der Waals surface area contributed by atoms with Crippen molar-refractivity contribution >= 4 is 35.6 Å². The van der Waals surface area contributed by atoms with Crippen LogP contribution in [0.15, 0.2) is 30.3 Å². The molecule has 3 aliphatic heterocycles. The second kappa shape index (κ2) is 7.47. The van der Waals surface area contributed by atoms with Gasteiger partial charge >= 0.3 is 12.0 Å². The topological polar surface area (TPSA) is 131 Å². The van der Waals surface area contributed by atoms with Gasteiger partial charge in [0.25, 0.3) is 0 Å². The molecule has 10 nitrogen and oxygen atoms in total. The van der Waals surface area contributed by atoms with Crippen molar-refractivity contribution in [3.05, 3.63) is 35.9 Å². The minimum absolute atomic E-state index is 0.327. The lowest BCUT2D eigenvalue weighted by atomic mass is 9.95. The zero-order chi connectivity index (χ0) is 21.6. The number of β-lactam (4-membered cyclic amide) rings is 1. The zero-order valence-electron chi connectivity index (χ0n) is 16.5. The molecule has 11 heteroatoms. The van der Waals surface area contributed by atoms with Crippen molar-refractivity contribution in [3.63, 3.8) is 0 Å². The Morgan fingerprint density at radius 2 is 1.97 bits per heavy atom. The Morgan fingerprint density at radius 1 is 1.27 bits per heavy atom. The Labute approximate surface area is 177 Å². The van der Waals surface area contributed by atoms with Crippen LogP contribution >= 0.6 is 11.8 Å². The van der Waals surface area contributed by atoms with Gasteiger partial charge in [-0.2, -0.15) is 0 Å². The van der Waals surface area contributed by atoms with Crippen LogP contribution in [0.25, 0.3) is 0 Å². The van der Waals surface area contributed by atoms with Crippen molar-refractivity contribution in [1.82, 2.24) is 26.0 Å². The average molecular weight is 433 g/mol. The van der Waals surface area contributed by atoms with Crippen LogP contribution in [-0.2, 0) is 14.4 Å². The van der Waals surface area contributed by atoms with Gasteiger partial charge in [-0.15, -0.1) is 11.8 Å². The number of thioether (sulfide) groups is 1. The maximum Gasteiger partial charge on any atom is 0.331 e. The second-order valence-electron chi connectivity index (χ2n) is 7.94. The number of hydrogen-bond acceptors (Lipinski definition) is 6. The van der Waals surface area contributed by atoms with Gasteiger partial charge < -0.3 is 20.6 Å². The SMILES string of the molecule is CC1(C)S[C@@H]2[C@H](NC(=O)C(NN3CCNC3=O)c3ccccc3)C(=O)N2[C@H]1C(=O)O. The summed E-state index contributed by atoms with van der Waals surface area (Å²) in [6.07, 6.45) is 0. The summed E-state index contributed by atoms with van der Waals surface area (Å²) >= 11 is 1.36. The molecule has 160 valence electrons. The molecule has 0 radical (unpaired) electrons. The minimum Gasteiger partial charge on any atom is -0.480 e. The monoisotopic (exact) mass is 433 g/mol. The Kier molecular flexibility index (Phi) is 5.10. The van der Waals surface area contributed by atoms with Gasteiger partial charge in [0, 0.05) is 11.3 Å². The number of carbonyl (C=O) groups excluding carboxylic acids is 3. The molecule has 0 spiro atoms. The van der Waals surface area contributed by atoms with Crippen LogP contribution < -0.4 is 16.1 Å². The van der Waals surface area contributed by atoms with Gasteiger partial charge in [0.15, 0.2) is 0 Å². The van der Waals surface area contributed by atoms with Gasteiger partial charge in [-0.05, 0) is 19.4 Å². The first-order chi connectivity index (χ1) is 14.2. The summed E-state index contributed by atoms with van der Waals surface area (Å²) in [5.41, 5.74) is 3.58. The number of amides is 4. The van der Waals surface area contributed by atoms with Gasteiger partial charge in [0.1, 0.15) is 23.5 Å². The number of carboxylic acids is 1. The summed E-state index contributed by atoms with van der Waals surface area (Å²) in [5.74, 6) is -1.93. The van der Waals surface area contributed by atoms with Gasteiger partial charge in [0.05, 0.1) is 6.54 Å². The summed E-state index contributed by atoms with van der Waals surface area (Å²) in [6.45, 7) is 4.43. The maximum atomic E-state index is 13.1. The molecule has 3 aliphatic rings. The normalized spacial score (nSPS) is 27.9. The number of nitrogens with zero attached hydrogens (tertiary/aromatic N) is 2. The van der Waals surface area contributed by atoms with Crippen LogP contribution in [0.3, 0.4) is 0 Å². The van der Waals surface area contributed by atoms with Crippen LogP contribution in [0.4, 0.5) is 4.79 Å². The van der Waals surface area contributed by atoms with Gasteiger partial charge in [0.2, 0.25) is 11.8 Å². The van der Waals surface area contributed by atoms with Gasteiger partial charge in [-0.1, -0.05) is 30.3 Å². The molecule has 4 N–H and O–H groups in total. The third-order valence-corrected chi connectivity index (χ3v) is 7.08. The van der Waals surface area contributed by atoms with E-state index >= 15 is 0 Å². The van der Waals surface area contributed by atoms with E-state index in [1.807, 2.05) is 6.07 Å². The van der Waals surface area contributed by atoms with Crippen LogP contribution in [0.5, 0.6) is 0 Å². The molecule has 3 saturated heterocycles. The highest BCUT2D eigenvalue weighted by atomic mass is 32.2. The van der Waals surface area contributed by atoms with E-state index in [1.165, 1.54) is 21.7 Å². The zero-order valence-corrected chi connectivity index (χ0v) is 17.3. The van der Waals surface area contributed by atoms with E-state index in [0.29, 0.717) is 18.7 Å². The smallest absolute Gasteiger partial charge is 0.331 e. The van der Waals surface area contributed by atoms with Crippen molar-refractivity contribution in [1.29, 1.82) is 0 Å². The van der Waals surface area contributed by atoms with E-state index in [0.717, 1.165) is 0 Å². The summed E-state index contributed by atoms with van der Waals surface area (Å²) < 4.78 is -0.670. The third-order valence-electron chi connectivity index (χ3n) is 5.51. The summed E-state index contributed by atoms with van der Waals surface area (Å²) in [6, 6.07) is 5.93. The van der Waals surface area contributed by atoms with E-state index < -0.39 is 46.0 Å². The molecule has 0 bridgehead atoms. The molecule has 30 heavy (non-hydrogen) atoms. The number of carboxylic acid groups (broad SMARTS) is 1. The minimum atomic E-state index is -1.06. The molecule has 1 unspecified atom stereocenters. The van der Waals surface area contributed by atoms with E-state index in [4.69, 9.17) is 0 Å².